The molecule has 0 bridgehead atoms. The zero-order valence-corrected chi connectivity index (χ0v) is 36.1. The van der Waals surface area contributed by atoms with Gasteiger partial charge in [0.1, 0.15) is 34.5 Å². The molecule has 0 aliphatic heterocycles. The summed E-state index contributed by atoms with van der Waals surface area (Å²) in [6, 6.07) is 39.5. The van der Waals surface area contributed by atoms with Gasteiger partial charge in [-0.25, -0.2) is 0 Å². The van der Waals surface area contributed by atoms with Crippen molar-refractivity contribution in [3.05, 3.63) is 154 Å². The van der Waals surface area contributed by atoms with E-state index in [1.165, 1.54) is 12.1 Å². The molecule has 59 heavy (non-hydrogen) atoms. The van der Waals surface area contributed by atoms with Crippen molar-refractivity contribution in [2.45, 2.75) is 66.0 Å². The van der Waals surface area contributed by atoms with Gasteiger partial charge in [0.2, 0.25) is 0 Å². The number of rotatable bonds is 18. The number of para-hydroxylation sites is 2. The molecule has 6 aromatic rings. The lowest BCUT2D eigenvalue weighted by atomic mass is 9.88. The Hall–Kier alpha value is -4.84. The molecule has 11 heteroatoms. The summed E-state index contributed by atoms with van der Waals surface area (Å²) >= 11 is 6.85. The van der Waals surface area contributed by atoms with Crippen LogP contribution in [-0.4, -0.2) is 13.2 Å². The standard InChI is InChI=1S/C48H44Br2F4O5/c1-29(2)25-41(35-17-11-19-39(55-33-13-7-5-8-14-33)45(35)37-23-21-31(49)27-43(37)58-47(51)52)57-42(26-30(3)4)36-18-12-20-40(56-34-15-9-6-10-16-34)46(36)38-24-22-32(50)28-44(38)59-48(53)54/h5-24,27-30,41-42,47-48H,25-26H2,1-4H3. The second-order valence-corrected chi connectivity index (χ2v) is 16.5. The van der Waals surface area contributed by atoms with Gasteiger partial charge in [-0.2, -0.15) is 17.6 Å². The number of ether oxygens (including phenoxy) is 5. The summed E-state index contributed by atoms with van der Waals surface area (Å²) in [7, 11) is 0. The molecule has 0 fully saturated rings. The minimum Gasteiger partial charge on any atom is -0.457 e. The van der Waals surface area contributed by atoms with Gasteiger partial charge in [-0.1, -0.05) is 120 Å². The number of halogens is 6. The summed E-state index contributed by atoms with van der Waals surface area (Å²) in [6.45, 7) is 2.15. The van der Waals surface area contributed by atoms with Crippen molar-refractivity contribution in [3.63, 3.8) is 0 Å². The molecule has 0 aliphatic carbocycles. The summed E-state index contributed by atoms with van der Waals surface area (Å²) in [5.41, 5.74) is 3.19. The zero-order valence-electron chi connectivity index (χ0n) is 32.9. The Morgan fingerprint density at radius 1 is 0.458 bits per heavy atom. The van der Waals surface area contributed by atoms with E-state index in [2.05, 4.69) is 59.6 Å². The Labute approximate surface area is 359 Å². The SMILES string of the molecule is CC(C)CC(OC(CC(C)C)c1cccc(Oc2ccccc2)c1-c1ccc(Br)cc1OC(F)F)c1cccc(Oc2ccccc2)c1-c1ccc(Br)cc1OC(F)F. The lowest BCUT2D eigenvalue weighted by molar-refractivity contribution is -0.0501. The van der Waals surface area contributed by atoms with Crippen LogP contribution in [0.15, 0.2) is 142 Å². The highest BCUT2D eigenvalue weighted by Crippen LogP contribution is 2.50. The molecule has 0 amide bonds. The molecule has 6 aromatic carbocycles. The molecule has 2 atom stereocenters. The van der Waals surface area contributed by atoms with Crippen molar-refractivity contribution in [3.8, 4) is 56.8 Å². The van der Waals surface area contributed by atoms with Crippen molar-refractivity contribution >= 4 is 31.9 Å². The second-order valence-electron chi connectivity index (χ2n) is 14.7. The minimum absolute atomic E-state index is 0.0448. The summed E-state index contributed by atoms with van der Waals surface area (Å²) in [6.07, 6.45) is -0.231. The highest BCUT2D eigenvalue weighted by Gasteiger charge is 2.31. The van der Waals surface area contributed by atoms with Crippen molar-refractivity contribution in [1.29, 1.82) is 0 Å². The molecule has 0 spiro atoms. The van der Waals surface area contributed by atoms with Gasteiger partial charge < -0.3 is 23.7 Å². The number of hydrogen-bond acceptors (Lipinski definition) is 5. The average Bonchev–Trinajstić information content (AvgIpc) is 3.18. The van der Waals surface area contributed by atoms with Gasteiger partial charge in [-0.3, -0.25) is 0 Å². The monoisotopic (exact) mass is 934 g/mol. The summed E-state index contributed by atoms with van der Waals surface area (Å²) in [5.74, 6) is 2.05. The van der Waals surface area contributed by atoms with Gasteiger partial charge in [0, 0.05) is 31.2 Å². The maximum absolute atomic E-state index is 14.0. The quantitative estimate of drug-likeness (QED) is 0.0804. The van der Waals surface area contributed by atoms with Gasteiger partial charge in [-0.15, -0.1) is 0 Å². The minimum atomic E-state index is -3.09. The summed E-state index contributed by atoms with van der Waals surface area (Å²) in [5, 5.41) is 0. The zero-order chi connectivity index (χ0) is 42.1. The van der Waals surface area contributed by atoms with Gasteiger partial charge in [0.05, 0.1) is 12.2 Å². The van der Waals surface area contributed by atoms with Gasteiger partial charge in [0.15, 0.2) is 0 Å². The first-order valence-corrected chi connectivity index (χ1v) is 20.8. The van der Waals surface area contributed by atoms with E-state index in [1.54, 1.807) is 36.4 Å². The smallest absolute Gasteiger partial charge is 0.387 e. The molecule has 6 rings (SSSR count). The molecule has 308 valence electrons. The van der Waals surface area contributed by atoms with Gasteiger partial charge in [-0.05, 0) is 109 Å². The molecule has 0 radical (unpaired) electrons. The maximum atomic E-state index is 14.0. The highest BCUT2D eigenvalue weighted by molar-refractivity contribution is 9.10. The predicted molar refractivity (Wildman–Crippen MR) is 231 cm³/mol. The van der Waals surface area contributed by atoms with Crippen LogP contribution in [0, 0.1) is 11.8 Å². The Bertz CT molecular complexity index is 2130. The normalized spacial score (nSPS) is 12.6. The van der Waals surface area contributed by atoms with E-state index in [0.29, 0.717) is 78.2 Å². The Morgan fingerprint density at radius 2 is 0.847 bits per heavy atom. The van der Waals surface area contributed by atoms with Crippen molar-refractivity contribution in [2.75, 3.05) is 0 Å². The molecule has 0 saturated carbocycles. The first-order chi connectivity index (χ1) is 28.4. The fraction of sp³-hybridized carbons (Fsp3) is 0.250. The first-order valence-electron chi connectivity index (χ1n) is 19.2. The molecule has 2 unspecified atom stereocenters. The second kappa shape index (κ2) is 20.4. The van der Waals surface area contributed by atoms with Gasteiger partial charge in [0.25, 0.3) is 0 Å². The van der Waals surface area contributed by atoms with Crippen molar-refractivity contribution in [1.82, 2.24) is 0 Å². The molecule has 5 nitrogen and oxygen atoms in total. The Balaban J connectivity index is 1.58. The predicted octanol–water partition coefficient (Wildman–Crippen LogP) is 16.2. The maximum Gasteiger partial charge on any atom is 0.387 e. The molecule has 0 saturated heterocycles. The van der Waals surface area contributed by atoms with E-state index in [0.717, 1.165) is 0 Å². The topological polar surface area (TPSA) is 46.2 Å². The third kappa shape index (κ3) is 11.7. The van der Waals surface area contributed by atoms with Crippen LogP contribution in [0.25, 0.3) is 22.3 Å². The van der Waals surface area contributed by atoms with Crippen molar-refractivity contribution in [2.24, 2.45) is 11.8 Å². The largest absolute Gasteiger partial charge is 0.457 e. The van der Waals surface area contributed by atoms with Crippen LogP contribution < -0.4 is 18.9 Å². The molecule has 0 N–H and O–H groups in total. The number of benzene rings is 6. The third-order valence-corrected chi connectivity index (χ3v) is 10.3. The van der Waals surface area contributed by atoms with E-state index in [4.69, 9.17) is 23.7 Å². The molecular formula is C48H44Br2F4O5. The van der Waals surface area contributed by atoms with Crippen LogP contribution >= 0.6 is 31.9 Å². The summed E-state index contributed by atoms with van der Waals surface area (Å²) in [4.78, 5) is 0. The Kier molecular flexibility index (Phi) is 15.1. The van der Waals surface area contributed by atoms with E-state index < -0.39 is 25.4 Å². The van der Waals surface area contributed by atoms with Crippen LogP contribution in [0.1, 0.15) is 63.9 Å². The highest BCUT2D eigenvalue weighted by atomic mass is 79.9. The molecule has 0 heterocycles. The molecular weight excluding hydrogens is 892 g/mol. The fourth-order valence-corrected chi connectivity index (χ4v) is 7.65. The molecule has 0 aromatic heterocycles. The van der Waals surface area contributed by atoms with E-state index in [9.17, 15) is 17.6 Å². The average molecular weight is 937 g/mol. The van der Waals surface area contributed by atoms with E-state index in [-0.39, 0.29) is 23.3 Å². The van der Waals surface area contributed by atoms with E-state index in [1.807, 2.05) is 84.9 Å². The summed E-state index contributed by atoms with van der Waals surface area (Å²) < 4.78 is 87.8. The lowest BCUT2D eigenvalue weighted by Crippen LogP contribution is -2.17. The fourth-order valence-electron chi connectivity index (χ4n) is 6.97. The van der Waals surface area contributed by atoms with Crippen LogP contribution in [0.5, 0.6) is 34.5 Å². The van der Waals surface area contributed by atoms with Crippen molar-refractivity contribution < 1.29 is 41.2 Å². The molecule has 0 aliphatic rings. The Morgan fingerprint density at radius 3 is 1.20 bits per heavy atom. The van der Waals surface area contributed by atoms with Crippen LogP contribution in [0.2, 0.25) is 0 Å². The van der Waals surface area contributed by atoms with Crippen LogP contribution in [-0.2, 0) is 4.74 Å². The first kappa shape index (κ1) is 43.7. The van der Waals surface area contributed by atoms with Crippen LogP contribution in [0.4, 0.5) is 17.6 Å². The third-order valence-electron chi connectivity index (χ3n) is 9.31. The number of hydrogen-bond donors (Lipinski definition) is 0. The number of alkyl halides is 4. The van der Waals surface area contributed by atoms with Crippen LogP contribution in [0.3, 0.4) is 0 Å². The lowest BCUT2D eigenvalue weighted by Gasteiger charge is -2.32. The van der Waals surface area contributed by atoms with Gasteiger partial charge >= 0.3 is 13.2 Å². The van der Waals surface area contributed by atoms with E-state index >= 15 is 0 Å².